The summed E-state index contributed by atoms with van der Waals surface area (Å²) in [5.74, 6) is -0.116. The van der Waals surface area contributed by atoms with Gasteiger partial charge in [0, 0.05) is 37.4 Å². The van der Waals surface area contributed by atoms with Crippen molar-refractivity contribution in [1.29, 1.82) is 0 Å². The molecule has 1 aromatic heterocycles. The van der Waals surface area contributed by atoms with Gasteiger partial charge in [-0.25, -0.2) is 8.42 Å². The minimum Gasteiger partial charge on any atom is -0.357 e. The van der Waals surface area contributed by atoms with Crippen LogP contribution >= 0.6 is 11.6 Å². The number of nitrogens with zero attached hydrogens (tertiary/aromatic N) is 2. The lowest BCUT2D eigenvalue weighted by Gasteiger charge is -2.33. The van der Waals surface area contributed by atoms with Crippen molar-refractivity contribution in [3.05, 3.63) is 53.3 Å². The highest BCUT2D eigenvalue weighted by atomic mass is 35.5. The molecular formula is C15H16ClN3O3S. The second-order valence-corrected chi connectivity index (χ2v) is 7.61. The molecule has 0 saturated carbocycles. The Morgan fingerprint density at radius 2 is 1.83 bits per heavy atom. The molecule has 0 atom stereocenters. The number of hydrogen-bond acceptors (Lipinski definition) is 3. The van der Waals surface area contributed by atoms with Crippen LogP contribution in [0.25, 0.3) is 0 Å². The van der Waals surface area contributed by atoms with E-state index in [1.165, 1.54) is 16.4 Å². The maximum absolute atomic E-state index is 12.6. The lowest BCUT2D eigenvalue weighted by atomic mass is 10.3. The number of halogens is 1. The number of hydrogen-bond donors (Lipinski definition) is 1. The first kappa shape index (κ1) is 16.0. The number of aromatic nitrogens is 1. The van der Waals surface area contributed by atoms with Gasteiger partial charge in [0.25, 0.3) is 5.91 Å². The molecule has 1 aliphatic rings. The Labute approximate surface area is 139 Å². The first-order valence-corrected chi connectivity index (χ1v) is 8.99. The molecule has 122 valence electrons. The smallest absolute Gasteiger partial charge is 0.270 e. The quantitative estimate of drug-likeness (QED) is 0.914. The molecule has 1 fully saturated rings. The van der Waals surface area contributed by atoms with E-state index in [-0.39, 0.29) is 23.9 Å². The fourth-order valence-corrected chi connectivity index (χ4v) is 4.27. The largest absolute Gasteiger partial charge is 0.357 e. The number of aromatic amines is 1. The Hall–Kier alpha value is -1.83. The third kappa shape index (κ3) is 3.26. The third-order valence-electron chi connectivity index (χ3n) is 3.79. The van der Waals surface area contributed by atoms with Gasteiger partial charge in [0.2, 0.25) is 10.0 Å². The number of nitrogens with one attached hydrogen (secondary N) is 1. The standard InChI is InChI=1S/C15H16ClN3O3S/c16-12-3-1-4-13(11-12)23(21,22)19-9-7-18(8-10-19)15(20)14-5-2-6-17-14/h1-6,11,17H,7-10H2. The van der Waals surface area contributed by atoms with Crippen LogP contribution in [0.15, 0.2) is 47.5 Å². The molecule has 1 saturated heterocycles. The van der Waals surface area contributed by atoms with Crippen molar-refractivity contribution in [2.24, 2.45) is 0 Å². The van der Waals surface area contributed by atoms with Gasteiger partial charge in [-0.1, -0.05) is 17.7 Å². The summed E-state index contributed by atoms with van der Waals surface area (Å²) in [6, 6.07) is 9.67. The molecular weight excluding hydrogens is 338 g/mol. The summed E-state index contributed by atoms with van der Waals surface area (Å²) in [5.41, 5.74) is 0.510. The van der Waals surface area contributed by atoms with Gasteiger partial charge in [-0.2, -0.15) is 4.31 Å². The Bertz CT molecular complexity index is 797. The molecule has 1 amide bonds. The Balaban J connectivity index is 1.70. The van der Waals surface area contributed by atoms with Crippen LogP contribution in [-0.4, -0.2) is 54.7 Å². The van der Waals surface area contributed by atoms with Crippen molar-refractivity contribution in [3.63, 3.8) is 0 Å². The van der Waals surface area contributed by atoms with Gasteiger partial charge >= 0.3 is 0 Å². The molecule has 0 bridgehead atoms. The van der Waals surface area contributed by atoms with Crippen LogP contribution < -0.4 is 0 Å². The molecule has 8 heteroatoms. The van der Waals surface area contributed by atoms with E-state index >= 15 is 0 Å². The Morgan fingerprint density at radius 3 is 2.43 bits per heavy atom. The van der Waals surface area contributed by atoms with E-state index in [1.54, 1.807) is 35.4 Å². The summed E-state index contributed by atoms with van der Waals surface area (Å²) in [6.07, 6.45) is 1.69. The topological polar surface area (TPSA) is 73.5 Å². The van der Waals surface area contributed by atoms with Gasteiger partial charge in [0.05, 0.1) is 4.90 Å². The lowest BCUT2D eigenvalue weighted by Crippen LogP contribution is -2.50. The molecule has 1 aliphatic heterocycles. The van der Waals surface area contributed by atoms with Crippen LogP contribution in [0.5, 0.6) is 0 Å². The first-order chi connectivity index (χ1) is 11.0. The minimum absolute atomic E-state index is 0.116. The molecule has 23 heavy (non-hydrogen) atoms. The zero-order valence-electron chi connectivity index (χ0n) is 12.3. The molecule has 6 nitrogen and oxygen atoms in total. The van der Waals surface area contributed by atoms with Crippen LogP contribution in [0.3, 0.4) is 0 Å². The molecule has 3 rings (SSSR count). The van der Waals surface area contributed by atoms with Gasteiger partial charge in [0.1, 0.15) is 5.69 Å². The van der Waals surface area contributed by atoms with Crippen molar-refractivity contribution in [1.82, 2.24) is 14.2 Å². The first-order valence-electron chi connectivity index (χ1n) is 7.17. The Kier molecular flexibility index (Phi) is 4.43. The predicted molar refractivity (Wildman–Crippen MR) is 86.9 cm³/mol. The zero-order chi connectivity index (χ0) is 16.4. The van der Waals surface area contributed by atoms with E-state index in [0.717, 1.165) is 0 Å². The fourth-order valence-electron chi connectivity index (χ4n) is 2.54. The summed E-state index contributed by atoms with van der Waals surface area (Å²) < 4.78 is 26.6. The number of piperazine rings is 1. The fraction of sp³-hybridized carbons (Fsp3) is 0.267. The Morgan fingerprint density at radius 1 is 1.09 bits per heavy atom. The average Bonchev–Trinajstić information content (AvgIpc) is 3.09. The molecule has 0 radical (unpaired) electrons. The van der Waals surface area contributed by atoms with Gasteiger partial charge in [-0.15, -0.1) is 0 Å². The van der Waals surface area contributed by atoms with Crippen molar-refractivity contribution >= 4 is 27.5 Å². The van der Waals surface area contributed by atoms with Crippen LogP contribution in [-0.2, 0) is 10.0 Å². The zero-order valence-corrected chi connectivity index (χ0v) is 13.8. The van der Waals surface area contributed by atoms with E-state index in [2.05, 4.69) is 4.98 Å². The van der Waals surface area contributed by atoms with Crippen LogP contribution in [0.2, 0.25) is 5.02 Å². The summed E-state index contributed by atoms with van der Waals surface area (Å²) in [6.45, 7) is 1.25. The van der Waals surface area contributed by atoms with E-state index < -0.39 is 10.0 Å². The number of sulfonamides is 1. The predicted octanol–water partition coefficient (Wildman–Crippen LogP) is 1.81. The van der Waals surface area contributed by atoms with Gasteiger partial charge in [-0.05, 0) is 30.3 Å². The number of H-pyrrole nitrogens is 1. The number of amides is 1. The van der Waals surface area contributed by atoms with Crippen molar-refractivity contribution in [2.45, 2.75) is 4.90 Å². The maximum Gasteiger partial charge on any atom is 0.270 e. The highest BCUT2D eigenvalue weighted by Crippen LogP contribution is 2.21. The SMILES string of the molecule is O=C(c1ccc[nH]1)N1CCN(S(=O)(=O)c2cccc(Cl)c2)CC1. The van der Waals surface area contributed by atoms with Crippen LogP contribution in [0.4, 0.5) is 0 Å². The number of carbonyl (C=O) groups excluding carboxylic acids is 1. The van der Waals surface area contributed by atoms with E-state index in [4.69, 9.17) is 11.6 Å². The van der Waals surface area contributed by atoms with E-state index in [1.807, 2.05) is 0 Å². The molecule has 0 spiro atoms. The van der Waals surface area contributed by atoms with E-state index in [0.29, 0.717) is 23.8 Å². The summed E-state index contributed by atoms with van der Waals surface area (Å²) in [7, 11) is -3.58. The maximum atomic E-state index is 12.6. The number of carbonyl (C=O) groups is 1. The van der Waals surface area contributed by atoms with Crippen molar-refractivity contribution in [3.8, 4) is 0 Å². The normalized spacial score (nSPS) is 16.5. The average molecular weight is 354 g/mol. The molecule has 2 heterocycles. The summed E-state index contributed by atoms with van der Waals surface area (Å²) in [5, 5.41) is 0.381. The monoisotopic (exact) mass is 353 g/mol. The van der Waals surface area contributed by atoms with Crippen LogP contribution in [0.1, 0.15) is 10.5 Å². The second kappa shape index (κ2) is 6.35. The highest BCUT2D eigenvalue weighted by Gasteiger charge is 2.30. The molecule has 2 aromatic rings. The second-order valence-electron chi connectivity index (χ2n) is 5.24. The molecule has 1 N–H and O–H groups in total. The minimum atomic E-state index is -3.58. The van der Waals surface area contributed by atoms with Gasteiger partial charge < -0.3 is 9.88 Å². The van der Waals surface area contributed by atoms with Gasteiger partial charge in [-0.3, -0.25) is 4.79 Å². The molecule has 1 aromatic carbocycles. The number of rotatable bonds is 3. The van der Waals surface area contributed by atoms with Crippen molar-refractivity contribution in [2.75, 3.05) is 26.2 Å². The van der Waals surface area contributed by atoms with E-state index in [9.17, 15) is 13.2 Å². The summed E-state index contributed by atoms with van der Waals surface area (Å²) in [4.78, 5) is 16.9. The highest BCUT2D eigenvalue weighted by molar-refractivity contribution is 7.89. The summed E-state index contributed by atoms with van der Waals surface area (Å²) >= 11 is 5.87. The lowest BCUT2D eigenvalue weighted by molar-refractivity contribution is 0.0692. The van der Waals surface area contributed by atoms with Crippen LogP contribution in [0, 0.1) is 0 Å². The molecule has 0 aliphatic carbocycles. The van der Waals surface area contributed by atoms with Gasteiger partial charge in [0.15, 0.2) is 0 Å². The van der Waals surface area contributed by atoms with Crippen molar-refractivity contribution < 1.29 is 13.2 Å². The third-order valence-corrected chi connectivity index (χ3v) is 5.92. The number of benzene rings is 1. The molecule has 0 unspecified atom stereocenters.